The molecular weight excluding hydrogens is 288 g/mol. The van der Waals surface area contributed by atoms with Gasteiger partial charge in [-0.15, -0.1) is 0 Å². The van der Waals surface area contributed by atoms with E-state index in [-0.39, 0.29) is 10.6 Å². The van der Waals surface area contributed by atoms with Crippen molar-refractivity contribution in [2.75, 3.05) is 20.8 Å². The zero-order valence-corrected chi connectivity index (χ0v) is 11.8. The van der Waals surface area contributed by atoms with E-state index in [4.69, 9.17) is 15.2 Å². The monoisotopic (exact) mass is 304 g/mol. The predicted octanol–water partition coefficient (Wildman–Crippen LogP) is -1.17. The van der Waals surface area contributed by atoms with Crippen LogP contribution >= 0.6 is 0 Å². The molecule has 0 aromatic heterocycles. The second-order valence-corrected chi connectivity index (χ2v) is 5.52. The molecule has 0 aliphatic rings. The van der Waals surface area contributed by atoms with Gasteiger partial charge in [0.15, 0.2) is 0 Å². The number of ether oxygens (including phenoxy) is 2. The van der Waals surface area contributed by atoms with Gasteiger partial charge in [0.1, 0.15) is 22.5 Å². The highest BCUT2D eigenvalue weighted by atomic mass is 32.2. The molecule has 1 aromatic rings. The molecule has 112 valence electrons. The first-order valence-electron chi connectivity index (χ1n) is 5.51. The number of rotatable bonds is 7. The summed E-state index contributed by atoms with van der Waals surface area (Å²) in [6, 6.07) is 4.14. The molecule has 0 aliphatic heterocycles. The van der Waals surface area contributed by atoms with Crippen LogP contribution in [0.25, 0.3) is 0 Å². The van der Waals surface area contributed by atoms with Gasteiger partial charge in [-0.05, 0) is 12.1 Å². The third-order valence-electron chi connectivity index (χ3n) is 2.46. The van der Waals surface area contributed by atoms with E-state index in [1.807, 2.05) is 0 Å². The average molecular weight is 304 g/mol. The Morgan fingerprint density at radius 1 is 1.40 bits per heavy atom. The topological polar surface area (TPSA) is 128 Å². The fourth-order valence-corrected chi connectivity index (χ4v) is 2.55. The number of nitrogens with two attached hydrogens (primary N) is 1. The van der Waals surface area contributed by atoms with Crippen LogP contribution in [0.5, 0.6) is 11.5 Å². The number of carbonyl (C=O) groups excluding carboxylic acids is 1. The predicted molar refractivity (Wildman–Crippen MR) is 69.9 cm³/mol. The summed E-state index contributed by atoms with van der Waals surface area (Å²) in [5.74, 6) is -0.516. The van der Waals surface area contributed by atoms with Crippen molar-refractivity contribution >= 4 is 15.9 Å². The van der Waals surface area contributed by atoms with Gasteiger partial charge >= 0.3 is 0 Å². The van der Waals surface area contributed by atoms with Crippen molar-refractivity contribution in [3.05, 3.63) is 18.2 Å². The maximum atomic E-state index is 12.0. The summed E-state index contributed by atoms with van der Waals surface area (Å²) in [5.41, 5.74) is 4.83. The highest BCUT2D eigenvalue weighted by Crippen LogP contribution is 2.28. The Morgan fingerprint density at radius 2 is 2.05 bits per heavy atom. The second-order valence-electron chi connectivity index (χ2n) is 3.79. The fraction of sp³-hybridized carbons (Fsp3) is 0.364. The first kappa shape index (κ1) is 16.2. The summed E-state index contributed by atoms with van der Waals surface area (Å²) in [4.78, 5) is 10.5. The van der Waals surface area contributed by atoms with Gasteiger partial charge in [0.05, 0.1) is 14.2 Å². The molecule has 0 heterocycles. The molecule has 9 heteroatoms. The van der Waals surface area contributed by atoms with Gasteiger partial charge in [-0.25, -0.2) is 13.1 Å². The highest BCUT2D eigenvalue weighted by Gasteiger charge is 2.22. The molecule has 1 amide bonds. The van der Waals surface area contributed by atoms with E-state index in [9.17, 15) is 18.3 Å². The lowest BCUT2D eigenvalue weighted by atomic mass is 10.3. The van der Waals surface area contributed by atoms with E-state index in [0.29, 0.717) is 5.75 Å². The van der Waals surface area contributed by atoms with Crippen LogP contribution < -0.4 is 19.9 Å². The number of amides is 1. The molecule has 0 fully saturated rings. The van der Waals surface area contributed by atoms with Gasteiger partial charge in [0, 0.05) is 12.6 Å². The van der Waals surface area contributed by atoms with Crippen molar-refractivity contribution in [1.29, 1.82) is 0 Å². The summed E-state index contributed by atoms with van der Waals surface area (Å²) in [5, 5.41) is 9.19. The van der Waals surface area contributed by atoms with E-state index in [1.54, 1.807) is 0 Å². The highest BCUT2D eigenvalue weighted by molar-refractivity contribution is 7.89. The normalized spacial score (nSPS) is 12.8. The number of primary amides is 1. The molecule has 0 bridgehead atoms. The van der Waals surface area contributed by atoms with Crippen LogP contribution in [0.15, 0.2) is 23.1 Å². The molecule has 0 radical (unpaired) electrons. The zero-order valence-electron chi connectivity index (χ0n) is 11.0. The standard InChI is InChI=1S/C11H16N2O6S/c1-18-7-3-4-10(9(5-7)19-2)20(16,17)13-6-8(14)11(12)15/h3-5,8,13-14H,6H2,1-2H3,(H2,12,15). The number of carbonyl (C=O) groups is 1. The molecule has 0 aliphatic carbocycles. The van der Waals surface area contributed by atoms with Crippen LogP contribution in [-0.2, 0) is 14.8 Å². The van der Waals surface area contributed by atoms with Crippen LogP contribution in [0.4, 0.5) is 0 Å². The Bertz CT molecular complexity index is 587. The Morgan fingerprint density at radius 3 is 2.55 bits per heavy atom. The smallest absolute Gasteiger partial charge is 0.247 e. The maximum Gasteiger partial charge on any atom is 0.247 e. The fourth-order valence-electron chi connectivity index (χ4n) is 1.36. The summed E-state index contributed by atoms with van der Waals surface area (Å²) in [6.07, 6.45) is -1.60. The van der Waals surface area contributed by atoms with Gasteiger partial charge in [0.2, 0.25) is 15.9 Å². The van der Waals surface area contributed by atoms with Gasteiger partial charge in [0.25, 0.3) is 0 Å². The quantitative estimate of drug-likeness (QED) is 0.582. The number of sulfonamides is 1. The van der Waals surface area contributed by atoms with Gasteiger partial charge < -0.3 is 20.3 Å². The lowest BCUT2D eigenvalue weighted by Gasteiger charge is -2.13. The molecule has 1 rings (SSSR count). The van der Waals surface area contributed by atoms with Crippen molar-refractivity contribution in [2.24, 2.45) is 5.73 Å². The number of hydrogen-bond donors (Lipinski definition) is 3. The minimum atomic E-state index is -3.95. The molecule has 0 spiro atoms. The molecule has 0 saturated heterocycles. The Kier molecular flexibility index (Phi) is 5.31. The van der Waals surface area contributed by atoms with Crippen LogP contribution in [-0.4, -0.2) is 46.3 Å². The van der Waals surface area contributed by atoms with Gasteiger partial charge in [-0.2, -0.15) is 0 Å². The number of aliphatic hydroxyl groups excluding tert-OH is 1. The van der Waals surface area contributed by atoms with Crippen LogP contribution in [0, 0.1) is 0 Å². The van der Waals surface area contributed by atoms with E-state index < -0.39 is 28.6 Å². The third-order valence-corrected chi connectivity index (χ3v) is 3.92. The van der Waals surface area contributed by atoms with Gasteiger partial charge in [-0.1, -0.05) is 0 Å². The van der Waals surface area contributed by atoms with Crippen molar-refractivity contribution in [3.63, 3.8) is 0 Å². The lowest BCUT2D eigenvalue weighted by Crippen LogP contribution is -2.40. The second kappa shape index (κ2) is 6.55. The molecule has 20 heavy (non-hydrogen) atoms. The number of nitrogens with one attached hydrogen (secondary N) is 1. The van der Waals surface area contributed by atoms with Crippen LogP contribution in [0.3, 0.4) is 0 Å². The SMILES string of the molecule is COc1ccc(S(=O)(=O)NCC(O)C(N)=O)c(OC)c1. The number of aliphatic hydroxyl groups is 1. The largest absolute Gasteiger partial charge is 0.497 e. The summed E-state index contributed by atoms with van der Waals surface area (Å²) >= 11 is 0. The number of benzene rings is 1. The third kappa shape index (κ3) is 3.83. The van der Waals surface area contributed by atoms with Crippen molar-refractivity contribution in [2.45, 2.75) is 11.0 Å². The van der Waals surface area contributed by atoms with Crippen molar-refractivity contribution in [3.8, 4) is 11.5 Å². The van der Waals surface area contributed by atoms with Crippen molar-refractivity contribution < 1.29 is 27.8 Å². The molecule has 1 unspecified atom stereocenters. The summed E-state index contributed by atoms with van der Waals surface area (Å²) in [6.45, 7) is -0.521. The Balaban J connectivity index is 3.00. The minimum absolute atomic E-state index is 0.0745. The first-order chi connectivity index (χ1) is 9.31. The van der Waals surface area contributed by atoms with E-state index in [1.165, 1.54) is 32.4 Å². The number of methoxy groups -OCH3 is 2. The molecule has 1 atom stereocenters. The van der Waals surface area contributed by atoms with Crippen LogP contribution in [0.2, 0.25) is 0 Å². The molecule has 8 nitrogen and oxygen atoms in total. The summed E-state index contributed by atoms with van der Waals surface area (Å²) in [7, 11) is -1.21. The van der Waals surface area contributed by atoms with Crippen molar-refractivity contribution in [1.82, 2.24) is 4.72 Å². The lowest BCUT2D eigenvalue weighted by molar-refractivity contribution is -0.125. The summed E-state index contributed by atoms with van der Waals surface area (Å²) < 4.78 is 36.1. The van der Waals surface area contributed by atoms with Gasteiger partial charge in [-0.3, -0.25) is 4.79 Å². The Hall–Kier alpha value is -1.84. The van der Waals surface area contributed by atoms with E-state index in [0.717, 1.165) is 0 Å². The minimum Gasteiger partial charge on any atom is -0.497 e. The number of hydrogen-bond acceptors (Lipinski definition) is 6. The van der Waals surface area contributed by atoms with E-state index in [2.05, 4.69) is 4.72 Å². The van der Waals surface area contributed by atoms with Crippen LogP contribution in [0.1, 0.15) is 0 Å². The molecule has 4 N–H and O–H groups in total. The first-order valence-corrected chi connectivity index (χ1v) is 6.99. The molecule has 0 saturated carbocycles. The molecular formula is C11H16N2O6S. The molecule has 1 aromatic carbocycles. The van der Waals surface area contributed by atoms with E-state index >= 15 is 0 Å². The zero-order chi connectivity index (χ0) is 15.3. The Labute approximate surface area is 116 Å². The maximum absolute atomic E-state index is 12.0. The average Bonchev–Trinajstić information content (AvgIpc) is 2.43.